The second-order valence-electron chi connectivity index (χ2n) is 7.64. The van der Waals surface area contributed by atoms with Crippen molar-refractivity contribution in [3.05, 3.63) is 58.6 Å². The molecule has 0 spiro atoms. The van der Waals surface area contributed by atoms with Crippen molar-refractivity contribution >= 4 is 28.0 Å². The number of anilines is 1. The maximum absolute atomic E-state index is 12.8. The van der Waals surface area contributed by atoms with Gasteiger partial charge in [-0.2, -0.15) is 4.98 Å². The van der Waals surface area contributed by atoms with Crippen molar-refractivity contribution in [2.45, 2.75) is 19.9 Å². The average Bonchev–Trinajstić information content (AvgIpc) is 3.47. The van der Waals surface area contributed by atoms with E-state index >= 15 is 0 Å². The number of rotatable bonds is 2. The Morgan fingerprint density at radius 3 is 2.84 bits per heavy atom. The Kier molecular flexibility index (Phi) is 4.10. The van der Waals surface area contributed by atoms with Crippen LogP contribution in [0.2, 0.25) is 0 Å². The van der Waals surface area contributed by atoms with Crippen molar-refractivity contribution in [1.82, 2.24) is 19.5 Å². The molecule has 0 atom stereocenters. The van der Waals surface area contributed by atoms with Crippen LogP contribution in [-0.4, -0.2) is 38.9 Å². The Morgan fingerprint density at radius 1 is 1.13 bits per heavy atom. The van der Waals surface area contributed by atoms with Gasteiger partial charge in [-0.1, -0.05) is 41.2 Å². The van der Waals surface area contributed by atoms with Gasteiger partial charge < -0.3 is 19.7 Å². The summed E-state index contributed by atoms with van der Waals surface area (Å²) in [6, 6.07) is 13.5. The number of thiazole rings is 1. The molecule has 6 rings (SSSR count). The Morgan fingerprint density at radius 2 is 1.97 bits per heavy atom. The lowest BCUT2D eigenvalue weighted by Crippen LogP contribution is -2.38. The van der Waals surface area contributed by atoms with Gasteiger partial charge in [-0.05, 0) is 19.1 Å². The van der Waals surface area contributed by atoms with E-state index in [2.05, 4.69) is 24.4 Å². The van der Waals surface area contributed by atoms with Crippen molar-refractivity contribution in [3.63, 3.8) is 0 Å². The number of aromatic nitrogens is 3. The van der Waals surface area contributed by atoms with Crippen molar-refractivity contribution in [2.75, 3.05) is 18.7 Å². The maximum atomic E-state index is 12.8. The largest absolute Gasteiger partial charge is 0.454 e. The molecule has 2 aromatic carbocycles. The molecule has 1 N–H and O–H groups in total. The van der Waals surface area contributed by atoms with Crippen LogP contribution in [0.25, 0.3) is 16.3 Å². The fraction of sp³-hybridized carbons (Fsp3) is 0.227. The first kappa shape index (κ1) is 18.2. The van der Waals surface area contributed by atoms with Crippen molar-refractivity contribution in [1.29, 1.82) is 0 Å². The van der Waals surface area contributed by atoms with Crippen LogP contribution in [0, 0.1) is 6.92 Å². The van der Waals surface area contributed by atoms with Crippen LogP contribution < -0.4 is 14.8 Å². The molecule has 0 bridgehead atoms. The van der Waals surface area contributed by atoms with Gasteiger partial charge in [-0.15, -0.1) is 5.10 Å². The molecule has 4 aromatic rings. The third-order valence-electron chi connectivity index (χ3n) is 5.54. The minimum atomic E-state index is -0.135. The Hall–Kier alpha value is -3.59. The zero-order chi connectivity index (χ0) is 20.9. The molecule has 2 aromatic heterocycles. The highest BCUT2D eigenvalue weighted by atomic mass is 32.1. The van der Waals surface area contributed by atoms with Crippen LogP contribution in [0.15, 0.2) is 42.5 Å². The van der Waals surface area contributed by atoms with E-state index in [4.69, 9.17) is 19.6 Å². The highest BCUT2D eigenvalue weighted by Gasteiger charge is 2.26. The highest BCUT2D eigenvalue weighted by molar-refractivity contribution is 7.17. The molecule has 31 heavy (non-hydrogen) atoms. The Bertz CT molecular complexity index is 1310. The average molecular weight is 433 g/mol. The van der Waals surface area contributed by atoms with Gasteiger partial charge in [0, 0.05) is 35.2 Å². The van der Waals surface area contributed by atoms with Gasteiger partial charge in [0.2, 0.25) is 11.8 Å². The smallest absolute Gasteiger partial charge is 0.322 e. The molecule has 4 heterocycles. The van der Waals surface area contributed by atoms with Crippen LogP contribution in [0.4, 0.5) is 10.5 Å². The molecule has 8 nitrogen and oxygen atoms in total. The second kappa shape index (κ2) is 6.98. The number of fused-ring (bicyclic) bond motifs is 4. The lowest BCUT2D eigenvalue weighted by molar-refractivity contribution is 0.174. The van der Waals surface area contributed by atoms with Crippen LogP contribution in [-0.2, 0) is 13.0 Å². The number of nitrogens with zero attached hydrogens (tertiary/aromatic N) is 4. The third-order valence-corrected chi connectivity index (χ3v) is 6.60. The molecule has 156 valence electrons. The predicted molar refractivity (Wildman–Crippen MR) is 117 cm³/mol. The van der Waals surface area contributed by atoms with Gasteiger partial charge in [0.1, 0.15) is 0 Å². The fourth-order valence-electron chi connectivity index (χ4n) is 3.86. The summed E-state index contributed by atoms with van der Waals surface area (Å²) in [4.78, 5) is 21.3. The van der Waals surface area contributed by atoms with Crippen molar-refractivity contribution in [2.24, 2.45) is 0 Å². The molecule has 0 saturated heterocycles. The minimum Gasteiger partial charge on any atom is -0.454 e. The van der Waals surface area contributed by atoms with Crippen LogP contribution in [0.5, 0.6) is 11.5 Å². The van der Waals surface area contributed by atoms with Gasteiger partial charge in [-0.3, -0.25) is 0 Å². The topological polar surface area (TPSA) is 81.0 Å². The van der Waals surface area contributed by atoms with E-state index < -0.39 is 0 Å². The molecule has 0 fully saturated rings. The van der Waals surface area contributed by atoms with Crippen molar-refractivity contribution < 1.29 is 14.3 Å². The van der Waals surface area contributed by atoms with Gasteiger partial charge in [0.25, 0.3) is 0 Å². The summed E-state index contributed by atoms with van der Waals surface area (Å²) in [5.41, 5.74) is 4.04. The van der Waals surface area contributed by atoms with Gasteiger partial charge in [-0.25, -0.2) is 9.31 Å². The highest BCUT2D eigenvalue weighted by Crippen LogP contribution is 2.35. The molecule has 0 unspecified atom stereocenters. The summed E-state index contributed by atoms with van der Waals surface area (Å²) in [6.45, 7) is 3.44. The summed E-state index contributed by atoms with van der Waals surface area (Å²) in [6.07, 6.45) is 0.737. The zero-order valence-electron chi connectivity index (χ0n) is 16.8. The molecular formula is C22H19N5O3S. The first-order chi connectivity index (χ1) is 15.1. The molecule has 0 aliphatic carbocycles. The minimum absolute atomic E-state index is 0.135. The van der Waals surface area contributed by atoms with Crippen molar-refractivity contribution in [3.8, 4) is 22.9 Å². The normalized spacial score (nSPS) is 14.7. The van der Waals surface area contributed by atoms with E-state index in [1.165, 1.54) is 5.56 Å². The van der Waals surface area contributed by atoms with Crippen LogP contribution in [0.3, 0.4) is 0 Å². The van der Waals surface area contributed by atoms with E-state index in [1.807, 2.05) is 27.6 Å². The quantitative estimate of drug-likeness (QED) is 0.515. The van der Waals surface area contributed by atoms with E-state index in [9.17, 15) is 4.79 Å². The summed E-state index contributed by atoms with van der Waals surface area (Å²) in [5, 5.41) is 7.68. The number of benzene rings is 2. The number of nitrogens with one attached hydrogen (secondary N) is 1. The van der Waals surface area contributed by atoms with Crippen LogP contribution >= 0.6 is 11.3 Å². The molecular weight excluding hydrogens is 414 g/mol. The first-order valence-electron chi connectivity index (χ1n) is 10.0. The van der Waals surface area contributed by atoms with E-state index in [0.717, 1.165) is 33.3 Å². The standard InChI is InChI=1S/C22H19N5O3S/c1-13-2-4-14(5-3-13)20-24-22-27(25-20)16-8-9-26(11-19(16)31-22)21(28)23-15-6-7-17-18(10-15)30-12-29-17/h2-7,10H,8-9,11-12H2,1H3,(H,23,28). The number of aryl methyl sites for hydroxylation is 1. The van der Waals surface area contributed by atoms with E-state index in [0.29, 0.717) is 30.3 Å². The molecule has 0 radical (unpaired) electrons. The van der Waals surface area contributed by atoms with Crippen LogP contribution in [0.1, 0.15) is 16.1 Å². The lowest BCUT2D eigenvalue weighted by atomic mass is 10.1. The monoisotopic (exact) mass is 433 g/mol. The zero-order valence-corrected chi connectivity index (χ0v) is 17.6. The summed E-state index contributed by atoms with van der Waals surface area (Å²) >= 11 is 1.59. The Balaban J connectivity index is 1.20. The first-order valence-corrected chi connectivity index (χ1v) is 10.9. The van der Waals surface area contributed by atoms with Gasteiger partial charge >= 0.3 is 6.03 Å². The molecule has 2 aliphatic heterocycles. The second-order valence-corrected chi connectivity index (χ2v) is 8.70. The molecule has 2 aliphatic rings. The van der Waals surface area contributed by atoms with Gasteiger partial charge in [0.15, 0.2) is 17.3 Å². The number of urea groups is 1. The molecule has 2 amide bonds. The maximum Gasteiger partial charge on any atom is 0.322 e. The molecule has 9 heteroatoms. The lowest BCUT2D eigenvalue weighted by Gasteiger charge is -2.26. The summed E-state index contributed by atoms with van der Waals surface area (Å²) < 4.78 is 12.6. The number of hydrogen-bond donors (Lipinski definition) is 1. The number of ether oxygens (including phenoxy) is 2. The summed E-state index contributed by atoms with van der Waals surface area (Å²) in [5.74, 6) is 2.07. The third kappa shape index (κ3) is 3.17. The molecule has 0 saturated carbocycles. The van der Waals surface area contributed by atoms with E-state index in [1.54, 1.807) is 23.5 Å². The van der Waals surface area contributed by atoms with E-state index in [-0.39, 0.29) is 12.8 Å². The number of carbonyl (C=O) groups excluding carboxylic acids is 1. The summed E-state index contributed by atoms with van der Waals surface area (Å²) in [7, 11) is 0. The SMILES string of the molecule is Cc1ccc(-c2nc3sc4c(n3n2)CCN(C(=O)Nc2ccc3c(c2)OCO3)C4)cc1. The Labute approximate surface area is 182 Å². The number of hydrogen-bond acceptors (Lipinski definition) is 6. The fourth-order valence-corrected chi connectivity index (χ4v) is 4.98. The van der Waals surface area contributed by atoms with Gasteiger partial charge in [0.05, 0.1) is 12.2 Å². The predicted octanol–water partition coefficient (Wildman–Crippen LogP) is 4.09. The number of amides is 2. The number of carbonyl (C=O) groups is 1.